The van der Waals surface area contributed by atoms with Gasteiger partial charge in [0.1, 0.15) is 9.71 Å². The van der Waals surface area contributed by atoms with E-state index in [1.54, 1.807) is 12.4 Å². The van der Waals surface area contributed by atoms with E-state index in [0.717, 1.165) is 27.0 Å². The molecule has 4 aromatic rings. The fourth-order valence-electron chi connectivity index (χ4n) is 2.82. The Kier molecular flexibility index (Phi) is 4.56. The Morgan fingerprint density at radius 1 is 1.15 bits per heavy atom. The molecule has 3 aromatic heterocycles. The molecule has 3 heterocycles. The average molecular weight is 374 g/mol. The predicted octanol–water partition coefficient (Wildman–Crippen LogP) is 4.18. The number of hydrogen-bond acceptors (Lipinski definition) is 5. The number of carbonyl (C=O) groups is 1. The lowest BCUT2D eigenvalue weighted by atomic mass is 10.1. The van der Waals surface area contributed by atoms with Crippen molar-refractivity contribution >= 4 is 33.1 Å². The molecule has 27 heavy (non-hydrogen) atoms. The summed E-state index contributed by atoms with van der Waals surface area (Å²) in [5, 5.41) is 3.70. The van der Waals surface area contributed by atoms with Gasteiger partial charge in [0.25, 0.3) is 5.91 Å². The molecular weight excluding hydrogens is 356 g/mol. The Balaban J connectivity index is 1.61. The number of carbonyl (C=O) groups excluding carboxylic acids is 1. The number of aryl methyl sites for hydroxylation is 1. The molecule has 0 aliphatic rings. The van der Waals surface area contributed by atoms with Gasteiger partial charge in [0, 0.05) is 29.9 Å². The third-order valence-electron chi connectivity index (χ3n) is 4.32. The Morgan fingerprint density at radius 2 is 1.96 bits per heavy atom. The number of hydrogen-bond donors (Lipinski definition) is 2. The van der Waals surface area contributed by atoms with Crippen LogP contribution in [0, 0.1) is 6.92 Å². The number of anilines is 1. The lowest BCUT2D eigenvalue weighted by Gasteiger charge is -2.04. The van der Waals surface area contributed by atoms with Crippen LogP contribution < -0.4 is 11.1 Å². The van der Waals surface area contributed by atoms with Crippen molar-refractivity contribution in [1.82, 2.24) is 15.3 Å². The molecule has 3 N–H and O–H groups in total. The average Bonchev–Trinajstić information content (AvgIpc) is 3.03. The van der Waals surface area contributed by atoms with Crippen LogP contribution in [0.5, 0.6) is 0 Å². The maximum absolute atomic E-state index is 12.6. The van der Waals surface area contributed by atoms with Gasteiger partial charge in [-0.2, -0.15) is 0 Å². The van der Waals surface area contributed by atoms with Crippen molar-refractivity contribution in [3.63, 3.8) is 0 Å². The molecule has 4 rings (SSSR count). The number of amides is 1. The first-order valence-corrected chi connectivity index (χ1v) is 9.36. The van der Waals surface area contributed by atoms with Crippen LogP contribution in [0.4, 0.5) is 5.69 Å². The molecular formula is C21H18N4OS. The summed E-state index contributed by atoms with van der Waals surface area (Å²) in [7, 11) is 0. The van der Waals surface area contributed by atoms with Gasteiger partial charge in [-0.1, -0.05) is 35.9 Å². The van der Waals surface area contributed by atoms with Crippen molar-refractivity contribution in [1.29, 1.82) is 0 Å². The molecule has 0 bridgehead atoms. The monoisotopic (exact) mass is 374 g/mol. The highest BCUT2D eigenvalue weighted by atomic mass is 32.1. The van der Waals surface area contributed by atoms with E-state index < -0.39 is 0 Å². The molecule has 0 unspecified atom stereocenters. The van der Waals surface area contributed by atoms with Crippen LogP contribution in [0.3, 0.4) is 0 Å². The molecule has 1 aromatic carbocycles. The summed E-state index contributed by atoms with van der Waals surface area (Å²) in [5.41, 5.74) is 10.7. The lowest BCUT2D eigenvalue weighted by Crippen LogP contribution is -2.22. The Hall–Kier alpha value is -3.25. The number of nitrogens with two attached hydrogens (primary N) is 1. The van der Waals surface area contributed by atoms with Gasteiger partial charge in [0.2, 0.25) is 0 Å². The van der Waals surface area contributed by atoms with E-state index in [1.807, 2.05) is 36.4 Å². The highest BCUT2D eigenvalue weighted by Crippen LogP contribution is 2.34. The molecule has 0 radical (unpaired) electrons. The normalized spacial score (nSPS) is 10.9. The fraction of sp³-hybridized carbons (Fsp3) is 0.0952. The van der Waals surface area contributed by atoms with E-state index in [9.17, 15) is 4.79 Å². The minimum atomic E-state index is -0.198. The molecule has 0 aliphatic carbocycles. The number of rotatable bonds is 4. The second-order valence-corrected chi connectivity index (χ2v) is 7.30. The van der Waals surface area contributed by atoms with E-state index in [-0.39, 0.29) is 5.91 Å². The minimum Gasteiger partial charge on any atom is -0.397 e. The Bertz CT molecular complexity index is 1100. The molecule has 134 valence electrons. The van der Waals surface area contributed by atoms with Gasteiger partial charge in [-0.3, -0.25) is 9.78 Å². The van der Waals surface area contributed by atoms with Crippen LogP contribution in [0.25, 0.3) is 21.5 Å². The standard InChI is InChI=1S/C21H18N4OS/c1-13-4-6-15(7-5-13)17-9-8-16-18(22)19(27-21(16)25-17)20(26)24-12-14-3-2-10-23-11-14/h2-11H,12,22H2,1H3,(H,24,26). The highest BCUT2D eigenvalue weighted by molar-refractivity contribution is 7.21. The first-order chi connectivity index (χ1) is 13.1. The molecule has 0 saturated carbocycles. The first-order valence-electron chi connectivity index (χ1n) is 8.55. The van der Waals surface area contributed by atoms with Gasteiger partial charge >= 0.3 is 0 Å². The van der Waals surface area contributed by atoms with E-state index in [1.165, 1.54) is 16.9 Å². The van der Waals surface area contributed by atoms with Crippen LogP contribution in [-0.2, 0) is 6.54 Å². The lowest BCUT2D eigenvalue weighted by molar-refractivity contribution is 0.0956. The SMILES string of the molecule is Cc1ccc(-c2ccc3c(N)c(C(=O)NCc4cccnc4)sc3n2)cc1. The quantitative estimate of drug-likeness (QED) is 0.561. The minimum absolute atomic E-state index is 0.198. The van der Waals surface area contributed by atoms with Crippen LogP contribution >= 0.6 is 11.3 Å². The summed E-state index contributed by atoms with van der Waals surface area (Å²) in [6.07, 6.45) is 3.43. The van der Waals surface area contributed by atoms with Crippen molar-refractivity contribution in [3.8, 4) is 11.3 Å². The second-order valence-electron chi connectivity index (χ2n) is 6.30. The molecule has 0 aliphatic heterocycles. The van der Waals surface area contributed by atoms with Crippen molar-refractivity contribution in [2.75, 3.05) is 5.73 Å². The van der Waals surface area contributed by atoms with Gasteiger partial charge < -0.3 is 11.1 Å². The smallest absolute Gasteiger partial charge is 0.263 e. The maximum atomic E-state index is 12.6. The summed E-state index contributed by atoms with van der Waals surface area (Å²) in [6.45, 7) is 2.46. The van der Waals surface area contributed by atoms with E-state index >= 15 is 0 Å². The van der Waals surface area contributed by atoms with E-state index in [2.05, 4.69) is 29.4 Å². The second kappa shape index (κ2) is 7.17. The number of nitrogen functional groups attached to an aromatic ring is 1. The van der Waals surface area contributed by atoms with Crippen molar-refractivity contribution in [3.05, 3.63) is 76.9 Å². The van der Waals surface area contributed by atoms with E-state index in [4.69, 9.17) is 10.7 Å². The zero-order valence-corrected chi connectivity index (χ0v) is 15.6. The molecule has 5 nitrogen and oxygen atoms in total. The number of fused-ring (bicyclic) bond motifs is 1. The molecule has 0 saturated heterocycles. The zero-order valence-electron chi connectivity index (χ0n) is 14.8. The summed E-state index contributed by atoms with van der Waals surface area (Å²) in [4.78, 5) is 22.6. The topological polar surface area (TPSA) is 80.9 Å². The summed E-state index contributed by atoms with van der Waals surface area (Å²) in [6, 6.07) is 15.8. The van der Waals surface area contributed by atoms with Crippen molar-refractivity contribution in [2.45, 2.75) is 13.5 Å². The van der Waals surface area contributed by atoms with Crippen LogP contribution in [-0.4, -0.2) is 15.9 Å². The summed E-state index contributed by atoms with van der Waals surface area (Å²) in [5.74, 6) is -0.198. The Morgan fingerprint density at radius 3 is 2.70 bits per heavy atom. The number of thiophene rings is 1. The first kappa shape index (κ1) is 17.2. The van der Waals surface area contributed by atoms with Crippen LogP contribution in [0.15, 0.2) is 60.9 Å². The third-order valence-corrected chi connectivity index (χ3v) is 5.44. The number of pyridine rings is 2. The van der Waals surface area contributed by atoms with Gasteiger partial charge in [-0.05, 0) is 30.7 Å². The number of aromatic nitrogens is 2. The molecule has 0 atom stereocenters. The number of nitrogens with zero attached hydrogens (tertiary/aromatic N) is 2. The molecule has 1 amide bonds. The number of nitrogens with one attached hydrogen (secondary N) is 1. The maximum Gasteiger partial charge on any atom is 0.263 e. The summed E-state index contributed by atoms with van der Waals surface area (Å²) >= 11 is 1.32. The third kappa shape index (κ3) is 3.52. The zero-order chi connectivity index (χ0) is 18.8. The fourth-order valence-corrected chi connectivity index (χ4v) is 3.83. The van der Waals surface area contributed by atoms with Crippen LogP contribution in [0.1, 0.15) is 20.8 Å². The number of benzene rings is 1. The van der Waals surface area contributed by atoms with Gasteiger partial charge in [-0.25, -0.2) is 4.98 Å². The van der Waals surface area contributed by atoms with Crippen LogP contribution in [0.2, 0.25) is 0 Å². The van der Waals surface area contributed by atoms with Gasteiger partial charge in [0.15, 0.2) is 0 Å². The van der Waals surface area contributed by atoms with Gasteiger partial charge in [-0.15, -0.1) is 11.3 Å². The van der Waals surface area contributed by atoms with E-state index in [0.29, 0.717) is 17.1 Å². The largest absolute Gasteiger partial charge is 0.397 e. The van der Waals surface area contributed by atoms with Crippen molar-refractivity contribution < 1.29 is 4.79 Å². The molecule has 0 spiro atoms. The van der Waals surface area contributed by atoms with Crippen molar-refractivity contribution in [2.24, 2.45) is 0 Å². The highest BCUT2D eigenvalue weighted by Gasteiger charge is 2.17. The van der Waals surface area contributed by atoms with Gasteiger partial charge in [0.05, 0.1) is 11.4 Å². The molecule has 0 fully saturated rings. The summed E-state index contributed by atoms with van der Waals surface area (Å²) < 4.78 is 0. The predicted molar refractivity (Wildman–Crippen MR) is 110 cm³/mol. The molecule has 6 heteroatoms. The Labute approximate surface area is 160 Å².